The molecule has 0 fully saturated rings. The predicted molar refractivity (Wildman–Crippen MR) is 62.9 cm³/mol. The van der Waals surface area contributed by atoms with Crippen molar-refractivity contribution in [3.8, 4) is 5.75 Å². The number of hydrogen-bond donors (Lipinski definition) is 2. The van der Waals surface area contributed by atoms with Gasteiger partial charge in [-0.05, 0) is 12.1 Å². The molecule has 18 heavy (non-hydrogen) atoms. The van der Waals surface area contributed by atoms with E-state index >= 15 is 0 Å². The standard InChI is InChI=1S/C11H12N4O3/c1-17-10-7(3-2-4-8(10)12)11(16)13-5-9-14-6-18-15-9/h2-4,6H,5,12H2,1H3,(H,13,16). The molecule has 0 aliphatic carbocycles. The van der Waals surface area contributed by atoms with Crippen LogP contribution in [0.15, 0.2) is 29.1 Å². The van der Waals surface area contributed by atoms with Crippen LogP contribution in [0.4, 0.5) is 5.69 Å². The van der Waals surface area contributed by atoms with Gasteiger partial charge < -0.3 is 20.3 Å². The first-order chi connectivity index (χ1) is 8.72. The number of nitrogens with two attached hydrogens (primary N) is 1. The Hall–Kier alpha value is -2.57. The number of ether oxygens (including phenoxy) is 1. The number of amides is 1. The predicted octanol–water partition coefficient (Wildman–Crippen LogP) is 0.590. The van der Waals surface area contributed by atoms with Crippen LogP contribution in [0.1, 0.15) is 16.2 Å². The second kappa shape index (κ2) is 5.17. The summed E-state index contributed by atoms with van der Waals surface area (Å²) in [6.07, 6.45) is 1.20. The number of nitrogens with zero attached hydrogens (tertiary/aromatic N) is 2. The Kier molecular flexibility index (Phi) is 3.42. The van der Waals surface area contributed by atoms with E-state index < -0.39 is 0 Å². The second-order valence-corrected chi connectivity index (χ2v) is 3.46. The zero-order valence-electron chi connectivity index (χ0n) is 9.71. The van der Waals surface area contributed by atoms with Crippen molar-refractivity contribution in [3.63, 3.8) is 0 Å². The van der Waals surface area contributed by atoms with Crippen molar-refractivity contribution in [3.05, 3.63) is 36.0 Å². The molecule has 0 unspecified atom stereocenters. The molecule has 1 aromatic heterocycles. The van der Waals surface area contributed by atoms with Gasteiger partial charge in [-0.3, -0.25) is 4.79 Å². The van der Waals surface area contributed by atoms with E-state index in [1.807, 2.05) is 0 Å². The molecule has 0 atom stereocenters. The number of aromatic nitrogens is 2. The number of rotatable bonds is 4. The highest BCUT2D eigenvalue weighted by Gasteiger charge is 2.14. The third-order valence-corrected chi connectivity index (χ3v) is 2.31. The average Bonchev–Trinajstić information content (AvgIpc) is 2.88. The minimum atomic E-state index is -0.316. The van der Waals surface area contributed by atoms with E-state index in [9.17, 15) is 4.79 Å². The first kappa shape index (κ1) is 11.9. The van der Waals surface area contributed by atoms with Crippen LogP contribution in [0.5, 0.6) is 5.75 Å². The lowest BCUT2D eigenvalue weighted by Crippen LogP contribution is -2.24. The van der Waals surface area contributed by atoms with Crippen LogP contribution in [-0.2, 0) is 6.54 Å². The minimum Gasteiger partial charge on any atom is -0.494 e. The lowest BCUT2D eigenvalue weighted by Gasteiger charge is -2.10. The molecule has 1 amide bonds. The van der Waals surface area contributed by atoms with Crippen molar-refractivity contribution >= 4 is 11.6 Å². The van der Waals surface area contributed by atoms with Crippen molar-refractivity contribution in [2.75, 3.05) is 12.8 Å². The average molecular weight is 248 g/mol. The van der Waals surface area contributed by atoms with Crippen LogP contribution < -0.4 is 15.8 Å². The van der Waals surface area contributed by atoms with Crippen LogP contribution in [0, 0.1) is 0 Å². The zero-order chi connectivity index (χ0) is 13.0. The fraction of sp³-hybridized carbons (Fsp3) is 0.182. The summed E-state index contributed by atoms with van der Waals surface area (Å²) in [6.45, 7) is 0.174. The molecule has 2 rings (SSSR count). The molecule has 1 heterocycles. The molecule has 0 saturated carbocycles. The molecular formula is C11H12N4O3. The topological polar surface area (TPSA) is 103 Å². The van der Waals surface area contributed by atoms with Gasteiger partial charge in [-0.15, -0.1) is 0 Å². The maximum atomic E-state index is 11.9. The fourth-order valence-electron chi connectivity index (χ4n) is 1.49. The number of nitrogen functional groups attached to an aromatic ring is 1. The third-order valence-electron chi connectivity index (χ3n) is 2.31. The normalized spacial score (nSPS) is 10.1. The number of carbonyl (C=O) groups is 1. The number of para-hydroxylation sites is 1. The van der Waals surface area contributed by atoms with Crippen molar-refractivity contribution in [2.45, 2.75) is 6.54 Å². The summed E-state index contributed by atoms with van der Waals surface area (Å²) in [4.78, 5) is 15.7. The number of carbonyl (C=O) groups excluding carboxylic acids is 1. The molecule has 0 radical (unpaired) electrons. The van der Waals surface area contributed by atoms with E-state index in [2.05, 4.69) is 20.0 Å². The number of nitrogens with one attached hydrogen (secondary N) is 1. The minimum absolute atomic E-state index is 0.174. The van der Waals surface area contributed by atoms with Gasteiger partial charge in [0.1, 0.15) is 0 Å². The van der Waals surface area contributed by atoms with Crippen LogP contribution in [0.3, 0.4) is 0 Å². The summed E-state index contributed by atoms with van der Waals surface area (Å²) >= 11 is 0. The van der Waals surface area contributed by atoms with Crippen molar-refractivity contribution in [2.24, 2.45) is 0 Å². The van der Waals surface area contributed by atoms with Crippen LogP contribution in [0.25, 0.3) is 0 Å². The lowest BCUT2D eigenvalue weighted by molar-refractivity contribution is 0.0946. The summed E-state index contributed by atoms with van der Waals surface area (Å²) in [5.74, 6) is 0.429. The Morgan fingerprint density at radius 1 is 1.56 bits per heavy atom. The van der Waals surface area contributed by atoms with E-state index in [1.165, 1.54) is 13.5 Å². The maximum absolute atomic E-state index is 11.9. The van der Waals surface area contributed by atoms with Gasteiger partial charge in [0.25, 0.3) is 5.91 Å². The molecule has 0 spiro atoms. The zero-order valence-corrected chi connectivity index (χ0v) is 9.71. The van der Waals surface area contributed by atoms with E-state index in [0.29, 0.717) is 22.8 Å². The summed E-state index contributed by atoms with van der Waals surface area (Å²) in [7, 11) is 1.46. The number of anilines is 1. The van der Waals surface area contributed by atoms with Crippen molar-refractivity contribution in [1.82, 2.24) is 15.5 Å². The van der Waals surface area contributed by atoms with Crippen LogP contribution in [-0.4, -0.2) is 23.2 Å². The maximum Gasteiger partial charge on any atom is 0.255 e. The SMILES string of the molecule is COc1c(N)cccc1C(=O)NCc1ncon1. The Morgan fingerprint density at radius 3 is 3.06 bits per heavy atom. The molecular weight excluding hydrogens is 236 g/mol. The van der Waals surface area contributed by atoms with Gasteiger partial charge in [0.05, 0.1) is 24.9 Å². The van der Waals surface area contributed by atoms with Crippen molar-refractivity contribution < 1.29 is 14.1 Å². The van der Waals surface area contributed by atoms with E-state index in [0.717, 1.165) is 0 Å². The van der Waals surface area contributed by atoms with Crippen LogP contribution >= 0.6 is 0 Å². The van der Waals surface area contributed by atoms with Gasteiger partial charge in [0.2, 0.25) is 6.39 Å². The first-order valence-electron chi connectivity index (χ1n) is 5.18. The monoisotopic (exact) mass is 248 g/mol. The van der Waals surface area contributed by atoms with E-state index in [1.54, 1.807) is 18.2 Å². The van der Waals surface area contributed by atoms with Gasteiger partial charge >= 0.3 is 0 Å². The summed E-state index contributed by atoms with van der Waals surface area (Å²) in [5, 5.41) is 6.23. The lowest BCUT2D eigenvalue weighted by atomic mass is 10.1. The largest absolute Gasteiger partial charge is 0.494 e. The summed E-state index contributed by atoms with van der Waals surface area (Å²) in [6, 6.07) is 4.97. The Balaban J connectivity index is 2.11. The first-order valence-corrected chi connectivity index (χ1v) is 5.18. The molecule has 1 aromatic carbocycles. The highest BCUT2D eigenvalue weighted by atomic mass is 16.5. The van der Waals surface area contributed by atoms with Gasteiger partial charge in [-0.1, -0.05) is 11.2 Å². The molecule has 7 nitrogen and oxygen atoms in total. The Labute approximate surface area is 103 Å². The van der Waals surface area contributed by atoms with Crippen LogP contribution in [0.2, 0.25) is 0 Å². The van der Waals surface area contributed by atoms with Gasteiger partial charge in [-0.25, -0.2) is 0 Å². The third kappa shape index (κ3) is 2.40. The van der Waals surface area contributed by atoms with Gasteiger partial charge in [0.15, 0.2) is 11.6 Å². The number of benzene rings is 1. The molecule has 7 heteroatoms. The van der Waals surface area contributed by atoms with E-state index in [4.69, 9.17) is 10.5 Å². The summed E-state index contributed by atoms with van der Waals surface area (Å²) < 4.78 is 9.66. The van der Waals surface area contributed by atoms with E-state index in [-0.39, 0.29) is 12.5 Å². The quantitative estimate of drug-likeness (QED) is 0.767. The van der Waals surface area contributed by atoms with Crippen molar-refractivity contribution in [1.29, 1.82) is 0 Å². The fourth-order valence-corrected chi connectivity index (χ4v) is 1.49. The molecule has 94 valence electrons. The highest BCUT2D eigenvalue weighted by Crippen LogP contribution is 2.25. The smallest absolute Gasteiger partial charge is 0.255 e. The van der Waals surface area contributed by atoms with Gasteiger partial charge in [0, 0.05) is 0 Å². The molecule has 3 N–H and O–H groups in total. The van der Waals surface area contributed by atoms with Gasteiger partial charge in [-0.2, -0.15) is 4.98 Å². The highest BCUT2D eigenvalue weighted by molar-refractivity contribution is 5.98. The number of hydrogen-bond acceptors (Lipinski definition) is 6. The molecule has 0 saturated heterocycles. The summed E-state index contributed by atoms with van der Waals surface area (Å²) in [5.41, 5.74) is 6.48. The second-order valence-electron chi connectivity index (χ2n) is 3.46. The Bertz CT molecular complexity index is 539. The molecule has 0 bridgehead atoms. The molecule has 0 aliphatic heterocycles. The Morgan fingerprint density at radius 2 is 2.39 bits per heavy atom. The number of methoxy groups -OCH3 is 1. The molecule has 2 aromatic rings. The molecule has 0 aliphatic rings.